The third-order valence-corrected chi connectivity index (χ3v) is 2.99. The van der Waals surface area contributed by atoms with E-state index in [9.17, 15) is 9.59 Å². The summed E-state index contributed by atoms with van der Waals surface area (Å²) >= 11 is 0. The summed E-state index contributed by atoms with van der Waals surface area (Å²) < 4.78 is 5.00. The summed E-state index contributed by atoms with van der Waals surface area (Å²) in [6, 6.07) is 9.03. The van der Waals surface area contributed by atoms with Crippen molar-refractivity contribution in [2.24, 2.45) is 0 Å². The molecule has 1 aromatic rings. The molecule has 0 saturated heterocycles. The lowest BCUT2D eigenvalue weighted by molar-refractivity contribution is -0.151. The number of amides is 1. The van der Waals surface area contributed by atoms with Crippen molar-refractivity contribution >= 4 is 12.1 Å². The van der Waals surface area contributed by atoms with E-state index in [2.05, 4.69) is 0 Å². The molecule has 0 radical (unpaired) electrons. The topological polar surface area (TPSA) is 87.1 Å². The molecule has 6 nitrogen and oxygen atoms in total. The minimum absolute atomic E-state index is 0.0468. The Hall–Kier alpha value is -2.08. The first-order valence-corrected chi connectivity index (χ1v) is 5.70. The number of benzene rings is 1. The van der Waals surface area contributed by atoms with Gasteiger partial charge in [0.1, 0.15) is 6.61 Å². The molecular weight excluding hydrogens is 250 g/mol. The van der Waals surface area contributed by atoms with E-state index in [1.807, 2.05) is 18.2 Å². The van der Waals surface area contributed by atoms with E-state index in [0.29, 0.717) is 0 Å². The Morgan fingerprint density at radius 2 is 1.89 bits per heavy atom. The molecule has 1 amide bonds. The molecule has 104 valence electrons. The molecule has 0 saturated carbocycles. The quantitative estimate of drug-likeness (QED) is 0.834. The number of rotatable bonds is 5. The van der Waals surface area contributed by atoms with E-state index in [1.165, 1.54) is 14.0 Å². The number of aliphatic hydroxyl groups is 1. The van der Waals surface area contributed by atoms with Gasteiger partial charge < -0.3 is 14.9 Å². The van der Waals surface area contributed by atoms with Crippen LogP contribution in [0.5, 0.6) is 0 Å². The van der Waals surface area contributed by atoms with Crippen LogP contribution in [0.2, 0.25) is 0 Å². The molecule has 0 fully saturated rings. The van der Waals surface area contributed by atoms with E-state index < -0.39 is 24.2 Å². The predicted molar refractivity (Wildman–Crippen MR) is 67.5 cm³/mol. The molecule has 0 heterocycles. The van der Waals surface area contributed by atoms with Crippen molar-refractivity contribution in [3.63, 3.8) is 0 Å². The Morgan fingerprint density at radius 1 is 1.32 bits per heavy atom. The fourth-order valence-electron chi connectivity index (χ4n) is 1.33. The number of hydrogen-bond acceptors (Lipinski definition) is 4. The third-order valence-electron chi connectivity index (χ3n) is 2.99. The molecule has 6 heteroatoms. The first-order chi connectivity index (χ1) is 8.91. The fourth-order valence-corrected chi connectivity index (χ4v) is 1.33. The predicted octanol–water partition coefficient (Wildman–Crippen LogP) is 1.09. The number of aliphatic carboxylic acids is 1. The van der Waals surface area contributed by atoms with E-state index >= 15 is 0 Å². The summed E-state index contributed by atoms with van der Waals surface area (Å²) in [6.45, 7) is 0.601. The second-order valence-corrected chi connectivity index (χ2v) is 4.34. The second-order valence-electron chi connectivity index (χ2n) is 4.34. The van der Waals surface area contributed by atoms with Gasteiger partial charge in [0.25, 0.3) is 0 Å². The maximum Gasteiger partial charge on any atom is 0.410 e. The number of likely N-dealkylation sites (N-methyl/N-ethyl adjacent to an activating group) is 1. The molecule has 2 N–H and O–H groups in total. The lowest BCUT2D eigenvalue weighted by atomic mass is 10.0. The van der Waals surface area contributed by atoms with Crippen LogP contribution in [-0.2, 0) is 16.1 Å². The van der Waals surface area contributed by atoms with Crippen LogP contribution in [-0.4, -0.2) is 46.4 Å². The number of carboxylic acid groups (broad SMARTS) is 1. The number of hydrogen-bond donors (Lipinski definition) is 2. The highest BCUT2D eigenvalue weighted by Crippen LogP contribution is 2.15. The van der Waals surface area contributed by atoms with Crippen molar-refractivity contribution in [3.8, 4) is 0 Å². The van der Waals surface area contributed by atoms with Crippen molar-refractivity contribution in [3.05, 3.63) is 35.9 Å². The maximum absolute atomic E-state index is 11.8. The average Bonchev–Trinajstić information content (AvgIpc) is 2.43. The van der Waals surface area contributed by atoms with Gasteiger partial charge in [-0.25, -0.2) is 9.59 Å². The van der Waals surface area contributed by atoms with Gasteiger partial charge in [-0.2, -0.15) is 0 Å². The van der Waals surface area contributed by atoms with Crippen LogP contribution in [0.1, 0.15) is 12.5 Å². The largest absolute Gasteiger partial charge is 0.479 e. The minimum Gasteiger partial charge on any atom is -0.479 e. The number of ether oxygens (including phenoxy) is 1. The van der Waals surface area contributed by atoms with E-state index in [0.717, 1.165) is 10.5 Å². The van der Waals surface area contributed by atoms with Crippen molar-refractivity contribution in [2.45, 2.75) is 19.1 Å². The molecular formula is C13H17NO5. The lowest BCUT2D eigenvalue weighted by Gasteiger charge is -2.32. The van der Waals surface area contributed by atoms with Gasteiger partial charge in [0, 0.05) is 7.05 Å². The summed E-state index contributed by atoms with van der Waals surface area (Å²) in [5.41, 5.74) is -0.904. The van der Waals surface area contributed by atoms with Crippen LogP contribution < -0.4 is 0 Å². The first-order valence-electron chi connectivity index (χ1n) is 5.70. The van der Waals surface area contributed by atoms with Crippen molar-refractivity contribution in [1.82, 2.24) is 4.90 Å². The van der Waals surface area contributed by atoms with Gasteiger partial charge in [0.05, 0.1) is 6.61 Å². The van der Waals surface area contributed by atoms with Gasteiger partial charge in [-0.15, -0.1) is 0 Å². The van der Waals surface area contributed by atoms with Crippen LogP contribution in [0.4, 0.5) is 4.79 Å². The van der Waals surface area contributed by atoms with Crippen molar-refractivity contribution in [1.29, 1.82) is 0 Å². The Balaban J connectivity index is 2.65. The highest BCUT2D eigenvalue weighted by molar-refractivity contribution is 5.84. The van der Waals surface area contributed by atoms with Crippen molar-refractivity contribution in [2.75, 3.05) is 13.7 Å². The van der Waals surface area contributed by atoms with Gasteiger partial charge in [-0.05, 0) is 12.5 Å². The molecule has 0 aliphatic rings. The van der Waals surface area contributed by atoms with Crippen LogP contribution in [0.25, 0.3) is 0 Å². The summed E-state index contributed by atoms with van der Waals surface area (Å²) in [5, 5.41) is 18.2. The van der Waals surface area contributed by atoms with Gasteiger partial charge in [0.15, 0.2) is 5.54 Å². The Kier molecular flexibility index (Phi) is 4.88. The second kappa shape index (κ2) is 6.19. The normalized spacial score (nSPS) is 13.4. The molecule has 1 atom stereocenters. The monoisotopic (exact) mass is 267 g/mol. The number of nitrogens with zero attached hydrogens (tertiary/aromatic N) is 1. The zero-order chi connectivity index (χ0) is 14.5. The number of carbonyl (C=O) groups excluding carboxylic acids is 1. The Labute approximate surface area is 111 Å². The molecule has 1 unspecified atom stereocenters. The number of carboxylic acids is 1. The summed E-state index contributed by atoms with van der Waals surface area (Å²) in [7, 11) is 1.28. The summed E-state index contributed by atoms with van der Waals surface area (Å²) in [5.74, 6) is -1.30. The zero-order valence-corrected chi connectivity index (χ0v) is 10.9. The molecule has 0 spiro atoms. The number of carbonyl (C=O) groups is 2. The van der Waals surface area contributed by atoms with Crippen molar-refractivity contribution < 1.29 is 24.5 Å². The van der Waals surface area contributed by atoms with Crippen LogP contribution in [0.3, 0.4) is 0 Å². The van der Waals surface area contributed by atoms with Crippen LogP contribution in [0.15, 0.2) is 30.3 Å². The van der Waals surface area contributed by atoms with Gasteiger partial charge in [0.2, 0.25) is 0 Å². The Bertz CT molecular complexity index is 448. The average molecular weight is 267 g/mol. The molecule has 0 aliphatic carbocycles. The zero-order valence-electron chi connectivity index (χ0n) is 10.9. The molecule has 0 aliphatic heterocycles. The third kappa shape index (κ3) is 3.45. The highest BCUT2D eigenvalue weighted by atomic mass is 16.6. The SMILES string of the molecule is CN(C(=O)OCc1ccccc1)C(C)(CO)C(=O)O. The highest BCUT2D eigenvalue weighted by Gasteiger charge is 2.40. The maximum atomic E-state index is 11.8. The van der Waals surface area contributed by atoms with Crippen LogP contribution in [0, 0.1) is 0 Å². The molecule has 19 heavy (non-hydrogen) atoms. The standard InChI is InChI=1S/C13H17NO5/c1-13(9-15,11(16)17)14(2)12(18)19-8-10-6-4-3-5-7-10/h3-7,15H,8-9H2,1-2H3,(H,16,17). The van der Waals surface area contributed by atoms with E-state index in [1.54, 1.807) is 12.1 Å². The Morgan fingerprint density at radius 3 is 2.37 bits per heavy atom. The molecule has 0 aromatic heterocycles. The first kappa shape index (κ1) is 15.0. The van der Waals surface area contributed by atoms with Gasteiger partial charge >= 0.3 is 12.1 Å². The van der Waals surface area contributed by atoms with Gasteiger partial charge in [-0.3, -0.25) is 4.90 Å². The van der Waals surface area contributed by atoms with Gasteiger partial charge in [-0.1, -0.05) is 30.3 Å². The lowest BCUT2D eigenvalue weighted by Crippen LogP contribution is -2.55. The van der Waals surface area contributed by atoms with E-state index in [-0.39, 0.29) is 6.61 Å². The van der Waals surface area contributed by atoms with Crippen LogP contribution >= 0.6 is 0 Å². The minimum atomic E-state index is -1.70. The number of aliphatic hydroxyl groups excluding tert-OH is 1. The fraction of sp³-hybridized carbons (Fsp3) is 0.385. The molecule has 1 aromatic carbocycles. The molecule has 0 bridgehead atoms. The summed E-state index contributed by atoms with van der Waals surface area (Å²) in [4.78, 5) is 23.7. The molecule has 1 rings (SSSR count). The van der Waals surface area contributed by atoms with E-state index in [4.69, 9.17) is 14.9 Å². The summed E-state index contributed by atoms with van der Waals surface area (Å²) in [6.07, 6.45) is -0.803. The smallest absolute Gasteiger partial charge is 0.410 e.